The number of unbranched alkanes of at least 4 members (excludes halogenated alkanes) is 6. The Labute approximate surface area is 224 Å². The summed E-state index contributed by atoms with van der Waals surface area (Å²) in [6.07, 6.45) is 17.7. The van der Waals surface area contributed by atoms with Crippen molar-refractivity contribution in [2.45, 2.75) is 83.5 Å². The topological polar surface area (TPSA) is 0 Å². The van der Waals surface area contributed by atoms with Crippen LogP contribution in [0.4, 0.5) is 0 Å². The molecule has 1 aliphatic carbocycles. The fourth-order valence-electron chi connectivity index (χ4n) is 6.53. The van der Waals surface area contributed by atoms with Crippen LogP contribution in [0.1, 0.15) is 100 Å². The molecular weight excluding hydrogens is 444 g/mol. The molecule has 0 nitrogen and oxygen atoms in total. The van der Waals surface area contributed by atoms with Crippen LogP contribution in [0.25, 0.3) is 34.1 Å². The van der Waals surface area contributed by atoms with Gasteiger partial charge in [-0.2, -0.15) is 0 Å². The Bertz CT molecular complexity index is 1340. The lowest BCUT2D eigenvalue weighted by atomic mass is 9.70. The zero-order valence-electron chi connectivity index (χ0n) is 22.8. The lowest BCUT2D eigenvalue weighted by Crippen LogP contribution is -2.25. The highest BCUT2D eigenvalue weighted by molar-refractivity contribution is 5.93. The normalized spacial score (nSPS) is 13.8. The van der Waals surface area contributed by atoms with Crippen molar-refractivity contribution < 1.29 is 0 Å². The van der Waals surface area contributed by atoms with Gasteiger partial charge in [0.05, 0.1) is 0 Å². The Morgan fingerprint density at radius 3 is 2.03 bits per heavy atom. The molecule has 0 saturated carbocycles. The van der Waals surface area contributed by atoms with Crippen LogP contribution in [0.3, 0.4) is 0 Å². The van der Waals surface area contributed by atoms with Gasteiger partial charge in [0, 0.05) is 5.41 Å². The fourth-order valence-corrected chi connectivity index (χ4v) is 6.53. The van der Waals surface area contributed by atoms with E-state index in [9.17, 15) is 0 Å². The smallest absolute Gasteiger partial charge is 0.0215 e. The van der Waals surface area contributed by atoms with E-state index in [2.05, 4.69) is 111 Å². The van der Waals surface area contributed by atoms with E-state index in [4.69, 9.17) is 0 Å². The van der Waals surface area contributed by atoms with Crippen molar-refractivity contribution in [2.24, 2.45) is 0 Å². The molecule has 0 bridgehead atoms. The van der Waals surface area contributed by atoms with Crippen molar-refractivity contribution in [1.82, 2.24) is 0 Å². The van der Waals surface area contributed by atoms with Gasteiger partial charge in [-0.3, -0.25) is 0 Å². The molecule has 0 spiro atoms. The minimum absolute atomic E-state index is 0.150. The summed E-state index contributed by atoms with van der Waals surface area (Å²) in [4.78, 5) is 0. The molecule has 4 aromatic rings. The maximum Gasteiger partial charge on any atom is 0.0215 e. The van der Waals surface area contributed by atoms with Crippen LogP contribution in [-0.4, -0.2) is 0 Å². The predicted molar refractivity (Wildman–Crippen MR) is 163 cm³/mol. The second-order valence-corrected chi connectivity index (χ2v) is 11.0. The molecular formula is C37H42. The molecule has 0 fully saturated rings. The molecule has 0 heterocycles. The molecule has 190 valence electrons. The zero-order chi connectivity index (χ0) is 25.5. The fraction of sp³-hybridized carbons (Fsp3) is 0.351. The summed E-state index contributed by atoms with van der Waals surface area (Å²) >= 11 is 0. The van der Waals surface area contributed by atoms with Gasteiger partial charge < -0.3 is 0 Å². The van der Waals surface area contributed by atoms with Crippen molar-refractivity contribution >= 4 is 22.9 Å². The van der Waals surface area contributed by atoms with Crippen LogP contribution in [0.5, 0.6) is 0 Å². The van der Waals surface area contributed by atoms with E-state index in [0.717, 1.165) is 0 Å². The third-order valence-corrected chi connectivity index (χ3v) is 8.48. The van der Waals surface area contributed by atoms with Gasteiger partial charge in [-0.1, -0.05) is 162 Å². The molecule has 0 N–H and O–H groups in total. The first-order valence-electron chi connectivity index (χ1n) is 14.7. The van der Waals surface area contributed by atoms with E-state index >= 15 is 0 Å². The van der Waals surface area contributed by atoms with Crippen molar-refractivity contribution in [3.05, 3.63) is 107 Å². The molecule has 0 unspecified atom stereocenters. The SMILES string of the molecule is CCCCCCC1(CCCCCC)c2ccccc2-c2ccc(C=Cc3cccc4ccccc34)cc21. The molecule has 0 atom stereocenters. The Hall–Kier alpha value is -3.12. The van der Waals surface area contributed by atoms with Crippen LogP contribution >= 0.6 is 0 Å². The van der Waals surface area contributed by atoms with Gasteiger partial charge >= 0.3 is 0 Å². The van der Waals surface area contributed by atoms with Crippen LogP contribution in [0.15, 0.2) is 84.9 Å². The van der Waals surface area contributed by atoms with E-state index < -0.39 is 0 Å². The predicted octanol–water partition coefficient (Wildman–Crippen LogP) is 11.2. The van der Waals surface area contributed by atoms with Crippen molar-refractivity contribution in [1.29, 1.82) is 0 Å². The van der Waals surface area contributed by atoms with Gasteiger partial charge in [0.25, 0.3) is 0 Å². The van der Waals surface area contributed by atoms with E-state index in [0.29, 0.717) is 0 Å². The number of fused-ring (bicyclic) bond motifs is 4. The van der Waals surface area contributed by atoms with Crippen LogP contribution in [0.2, 0.25) is 0 Å². The zero-order valence-corrected chi connectivity index (χ0v) is 22.8. The second kappa shape index (κ2) is 12.0. The van der Waals surface area contributed by atoms with Gasteiger partial charge in [0.15, 0.2) is 0 Å². The molecule has 0 aliphatic heterocycles. The van der Waals surface area contributed by atoms with E-state index in [-0.39, 0.29) is 5.41 Å². The van der Waals surface area contributed by atoms with E-state index in [1.165, 1.54) is 97.2 Å². The molecule has 4 aromatic carbocycles. The Morgan fingerprint density at radius 2 is 1.24 bits per heavy atom. The first-order valence-corrected chi connectivity index (χ1v) is 14.7. The third kappa shape index (κ3) is 5.30. The standard InChI is InChI=1S/C37H42/c1-3-5-7-13-26-37(27-14-8-6-4-2)35-21-12-11-20-33(35)34-25-23-29(28-36(34)37)22-24-31-18-15-17-30-16-9-10-19-32(30)31/h9-12,15-25,28H,3-8,13-14,26-27H2,1-2H3. The van der Waals surface area contributed by atoms with Crippen molar-refractivity contribution in [2.75, 3.05) is 0 Å². The van der Waals surface area contributed by atoms with Gasteiger partial charge in [-0.05, 0) is 57.0 Å². The van der Waals surface area contributed by atoms with E-state index in [1.54, 1.807) is 11.1 Å². The number of rotatable bonds is 12. The highest BCUT2D eigenvalue weighted by Crippen LogP contribution is 2.54. The molecule has 0 aromatic heterocycles. The van der Waals surface area contributed by atoms with Gasteiger partial charge in [0.2, 0.25) is 0 Å². The minimum atomic E-state index is 0.150. The molecule has 5 rings (SSSR count). The van der Waals surface area contributed by atoms with Crippen LogP contribution in [-0.2, 0) is 5.41 Å². The summed E-state index contributed by atoms with van der Waals surface area (Å²) in [6.45, 7) is 4.63. The average molecular weight is 487 g/mol. The Balaban J connectivity index is 1.53. The lowest BCUT2D eigenvalue weighted by molar-refractivity contribution is 0.401. The van der Waals surface area contributed by atoms with Gasteiger partial charge in [-0.25, -0.2) is 0 Å². The summed E-state index contributed by atoms with van der Waals surface area (Å²) < 4.78 is 0. The maximum atomic E-state index is 2.52. The van der Waals surface area contributed by atoms with Crippen LogP contribution in [0, 0.1) is 0 Å². The summed E-state index contributed by atoms with van der Waals surface area (Å²) in [5.74, 6) is 0. The molecule has 37 heavy (non-hydrogen) atoms. The van der Waals surface area contributed by atoms with E-state index in [1.807, 2.05) is 0 Å². The highest BCUT2D eigenvalue weighted by atomic mass is 14.4. The van der Waals surface area contributed by atoms with Crippen LogP contribution < -0.4 is 0 Å². The molecule has 0 saturated heterocycles. The summed E-state index contributed by atoms with van der Waals surface area (Å²) in [5, 5.41) is 2.61. The first kappa shape index (κ1) is 25.5. The average Bonchev–Trinajstić information content (AvgIpc) is 3.21. The summed E-state index contributed by atoms with van der Waals surface area (Å²) in [6, 6.07) is 31.8. The lowest BCUT2D eigenvalue weighted by Gasteiger charge is -2.33. The van der Waals surface area contributed by atoms with Crippen molar-refractivity contribution in [3.8, 4) is 11.1 Å². The highest BCUT2D eigenvalue weighted by Gasteiger charge is 2.41. The van der Waals surface area contributed by atoms with Gasteiger partial charge in [-0.15, -0.1) is 0 Å². The first-order chi connectivity index (χ1) is 18.3. The monoisotopic (exact) mass is 486 g/mol. The number of benzene rings is 4. The third-order valence-electron chi connectivity index (χ3n) is 8.48. The molecule has 0 amide bonds. The number of hydrogen-bond acceptors (Lipinski definition) is 0. The van der Waals surface area contributed by atoms with Gasteiger partial charge in [0.1, 0.15) is 0 Å². The Morgan fingerprint density at radius 1 is 0.568 bits per heavy atom. The molecule has 0 radical (unpaired) electrons. The quantitative estimate of drug-likeness (QED) is 0.138. The molecule has 0 heteroatoms. The largest absolute Gasteiger partial charge is 0.0654 e. The minimum Gasteiger partial charge on any atom is -0.0654 e. The summed E-state index contributed by atoms with van der Waals surface area (Å²) in [5.41, 5.74) is 8.82. The molecule has 1 aliphatic rings. The Kier molecular flexibility index (Phi) is 8.24. The summed E-state index contributed by atoms with van der Waals surface area (Å²) in [7, 11) is 0. The second-order valence-electron chi connectivity index (χ2n) is 11.0. The number of hydrogen-bond donors (Lipinski definition) is 0. The van der Waals surface area contributed by atoms with Crippen molar-refractivity contribution in [3.63, 3.8) is 0 Å². The maximum absolute atomic E-state index is 2.52.